The number of para-hydroxylation sites is 1. The van der Waals surface area contributed by atoms with Crippen LogP contribution < -0.4 is 5.32 Å². The normalized spacial score (nSPS) is 12.0. The molecule has 0 saturated carbocycles. The lowest BCUT2D eigenvalue weighted by atomic mass is 10.1. The SMILES string of the molecule is Cc1cccc(/C=C/C(=O)O[C@H](C)C(=O)Nc2ccccc2Cl)c1. The summed E-state index contributed by atoms with van der Waals surface area (Å²) < 4.78 is 5.10. The molecular weight excluding hydrogens is 326 g/mol. The first-order chi connectivity index (χ1) is 11.5. The Balaban J connectivity index is 1.91. The summed E-state index contributed by atoms with van der Waals surface area (Å²) in [5, 5.41) is 3.04. The first kappa shape index (κ1) is 17.8. The van der Waals surface area contributed by atoms with E-state index in [9.17, 15) is 9.59 Å². The third-order valence-electron chi connectivity index (χ3n) is 3.25. The van der Waals surface area contributed by atoms with Gasteiger partial charge < -0.3 is 10.1 Å². The largest absolute Gasteiger partial charge is 0.449 e. The van der Waals surface area contributed by atoms with Crippen LogP contribution in [0.2, 0.25) is 5.02 Å². The van der Waals surface area contributed by atoms with Gasteiger partial charge in [-0.3, -0.25) is 4.79 Å². The van der Waals surface area contributed by atoms with E-state index in [-0.39, 0.29) is 0 Å². The van der Waals surface area contributed by atoms with Gasteiger partial charge in [-0.15, -0.1) is 0 Å². The van der Waals surface area contributed by atoms with Gasteiger partial charge in [0.1, 0.15) is 0 Å². The number of benzene rings is 2. The molecule has 0 spiro atoms. The van der Waals surface area contributed by atoms with E-state index in [1.807, 2.05) is 31.2 Å². The number of halogens is 1. The van der Waals surface area contributed by atoms with Crippen LogP contribution in [0.3, 0.4) is 0 Å². The van der Waals surface area contributed by atoms with Crippen molar-refractivity contribution in [3.8, 4) is 0 Å². The number of anilines is 1. The fraction of sp³-hybridized carbons (Fsp3) is 0.158. The van der Waals surface area contributed by atoms with Crippen LogP contribution >= 0.6 is 11.6 Å². The maximum absolute atomic E-state index is 12.0. The molecule has 5 heteroatoms. The van der Waals surface area contributed by atoms with Gasteiger partial charge in [-0.25, -0.2) is 4.79 Å². The molecule has 0 aliphatic carbocycles. The van der Waals surface area contributed by atoms with Crippen LogP contribution in [0.25, 0.3) is 6.08 Å². The third kappa shape index (κ3) is 5.25. The molecule has 1 amide bonds. The number of rotatable bonds is 5. The van der Waals surface area contributed by atoms with Crippen molar-refractivity contribution in [3.05, 3.63) is 70.8 Å². The van der Waals surface area contributed by atoms with Crippen molar-refractivity contribution in [2.45, 2.75) is 20.0 Å². The number of nitrogens with one attached hydrogen (secondary N) is 1. The Morgan fingerprint density at radius 2 is 1.92 bits per heavy atom. The summed E-state index contributed by atoms with van der Waals surface area (Å²) in [5.74, 6) is -1.03. The van der Waals surface area contributed by atoms with Crippen LogP contribution in [0.5, 0.6) is 0 Å². The average molecular weight is 344 g/mol. The topological polar surface area (TPSA) is 55.4 Å². The molecule has 0 fully saturated rings. The fourth-order valence-corrected chi connectivity index (χ4v) is 2.19. The Bertz CT molecular complexity index is 771. The highest BCUT2D eigenvalue weighted by Crippen LogP contribution is 2.20. The predicted octanol–water partition coefficient (Wildman–Crippen LogP) is 4.23. The van der Waals surface area contributed by atoms with Gasteiger partial charge in [0.05, 0.1) is 10.7 Å². The zero-order valence-electron chi connectivity index (χ0n) is 13.5. The van der Waals surface area contributed by atoms with Crippen molar-refractivity contribution >= 4 is 35.2 Å². The molecule has 0 aromatic heterocycles. The zero-order chi connectivity index (χ0) is 17.5. The van der Waals surface area contributed by atoms with Gasteiger partial charge in [0.2, 0.25) is 0 Å². The molecule has 0 radical (unpaired) electrons. The van der Waals surface area contributed by atoms with E-state index >= 15 is 0 Å². The molecule has 124 valence electrons. The van der Waals surface area contributed by atoms with Gasteiger partial charge in [-0.2, -0.15) is 0 Å². The van der Waals surface area contributed by atoms with E-state index in [4.69, 9.17) is 16.3 Å². The second kappa shape index (κ2) is 8.31. The molecular formula is C19H18ClNO3. The first-order valence-electron chi connectivity index (χ1n) is 7.46. The lowest BCUT2D eigenvalue weighted by Gasteiger charge is -2.13. The second-order valence-electron chi connectivity index (χ2n) is 5.30. The number of ether oxygens (including phenoxy) is 1. The molecule has 2 rings (SSSR count). The van der Waals surface area contributed by atoms with Crippen LogP contribution in [0.15, 0.2) is 54.6 Å². The molecule has 1 N–H and O–H groups in total. The van der Waals surface area contributed by atoms with Gasteiger partial charge in [-0.05, 0) is 37.6 Å². The molecule has 0 bridgehead atoms. The van der Waals surface area contributed by atoms with Crippen molar-refractivity contribution in [1.82, 2.24) is 0 Å². The molecule has 4 nitrogen and oxygen atoms in total. The number of aryl methyl sites for hydroxylation is 1. The van der Waals surface area contributed by atoms with Crippen LogP contribution in [-0.2, 0) is 14.3 Å². The number of amides is 1. The lowest BCUT2D eigenvalue weighted by Crippen LogP contribution is -2.29. The number of carbonyl (C=O) groups is 2. The second-order valence-corrected chi connectivity index (χ2v) is 5.70. The molecule has 0 unspecified atom stereocenters. The van der Waals surface area contributed by atoms with Crippen LogP contribution in [0.4, 0.5) is 5.69 Å². The number of esters is 1. The summed E-state index contributed by atoms with van der Waals surface area (Å²) in [6.45, 7) is 3.47. The summed E-state index contributed by atoms with van der Waals surface area (Å²) in [6.07, 6.45) is 2.01. The monoisotopic (exact) mass is 343 g/mol. The van der Waals surface area contributed by atoms with Gasteiger partial charge in [0.25, 0.3) is 5.91 Å². The van der Waals surface area contributed by atoms with Crippen molar-refractivity contribution < 1.29 is 14.3 Å². The van der Waals surface area contributed by atoms with Crippen molar-refractivity contribution in [3.63, 3.8) is 0 Å². The molecule has 0 saturated heterocycles. The highest BCUT2D eigenvalue weighted by molar-refractivity contribution is 6.33. The van der Waals surface area contributed by atoms with Crippen molar-refractivity contribution in [2.75, 3.05) is 5.32 Å². The van der Waals surface area contributed by atoms with E-state index in [0.717, 1.165) is 11.1 Å². The predicted molar refractivity (Wildman–Crippen MR) is 95.8 cm³/mol. The Morgan fingerprint density at radius 1 is 1.17 bits per heavy atom. The summed E-state index contributed by atoms with van der Waals surface area (Å²) >= 11 is 5.98. The summed E-state index contributed by atoms with van der Waals surface area (Å²) in [6, 6.07) is 14.5. The van der Waals surface area contributed by atoms with E-state index < -0.39 is 18.0 Å². The lowest BCUT2D eigenvalue weighted by molar-refractivity contribution is -0.148. The Hall–Kier alpha value is -2.59. The summed E-state index contributed by atoms with van der Waals surface area (Å²) in [7, 11) is 0. The Kier molecular flexibility index (Phi) is 6.15. The molecule has 2 aromatic carbocycles. The standard InChI is InChI=1S/C19H18ClNO3/c1-13-6-5-7-15(12-13)10-11-18(22)24-14(2)19(23)21-17-9-4-3-8-16(17)20/h3-12,14H,1-2H3,(H,21,23)/b11-10+/t14-/m1/s1. The Morgan fingerprint density at radius 3 is 2.62 bits per heavy atom. The molecule has 24 heavy (non-hydrogen) atoms. The minimum atomic E-state index is -0.934. The first-order valence-corrected chi connectivity index (χ1v) is 7.84. The maximum Gasteiger partial charge on any atom is 0.331 e. The van der Waals surface area contributed by atoms with E-state index in [2.05, 4.69) is 5.32 Å². The molecule has 0 aliphatic rings. The highest BCUT2D eigenvalue weighted by atomic mass is 35.5. The minimum Gasteiger partial charge on any atom is -0.449 e. The van der Waals surface area contributed by atoms with E-state index in [0.29, 0.717) is 10.7 Å². The van der Waals surface area contributed by atoms with E-state index in [1.54, 1.807) is 30.3 Å². The van der Waals surface area contributed by atoms with Crippen molar-refractivity contribution in [1.29, 1.82) is 0 Å². The van der Waals surface area contributed by atoms with Gasteiger partial charge in [0.15, 0.2) is 6.10 Å². The summed E-state index contributed by atoms with van der Waals surface area (Å²) in [4.78, 5) is 23.9. The fourth-order valence-electron chi connectivity index (χ4n) is 2.00. The minimum absolute atomic E-state index is 0.420. The van der Waals surface area contributed by atoms with Crippen molar-refractivity contribution in [2.24, 2.45) is 0 Å². The van der Waals surface area contributed by atoms with Crippen LogP contribution in [0.1, 0.15) is 18.1 Å². The molecule has 1 atom stereocenters. The number of carbonyl (C=O) groups excluding carboxylic acids is 2. The maximum atomic E-state index is 12.0. The smallest absolute Gasteiger partial charge is 0.331 e. The zero-order valence-corrected chi connectivity index (χ0v) is 14.2. The van der Waals surface area contributed by atoms with Gasteiger partial charge >= 0.3 is 5.97 Å². The molecule has 0 heterocycles. The molecule has 2 aromatic rings. The van der Waals surface area contributed by atoms with Gasteiger partial charge in [-0.1, -0.05) is 53.6 Å². The number of hydrogen-bond donors (Lipinski definition) is 1. The van der Waals surface area contributed by atoms with Gasteiger partial charge in [0, 0.05) is 6.08 Å². The van der Waals surface area contributed by atoms with E-state index in [1.165, 1.54) is 13.0 Å². The number of hydrogen-bond acceptors (Lipinski definition) is 3. The van der Waals surface area contributed by atoms with Crippen LogP contribution in [-0.4, -0.2) is 18.0 Å². The molecule has 0 aliphatic heterocycles. The average Bonchev–Trinajstić information content (AvgIpc) is 2.55. The quantitative estimate of drug-likeness (QED) is 0.652. The third-order valence-corrected chi connectivity index (χ3v) is 3.58. The van der Waals surface area contributed by atoms with Crippen LogP contribution in [0, 0.1) is 6.92 Å². The highest BCUT2D eigenvalue weighted by Gasteiger charge is 2.17. The summed E-state index contributed by atoms with van der Waals surface area (Å²) in [5.41, 5.74) is 2.46. The Labute approximate surface area is 146 Å².